The number of methoxy groups -OCH3 is 1. The van der Waals surface area contributed by atoms with Gasteiger partial charge in [0.25, 0.3) is 11.8 Å². The van der Waals surface area contributed by atoms with Crippen LogP contribution in [0.2, 0.25) is 5.02 Å². The number of ether oxygens (including phenoxy) is 2. The van der Waals surface area contributed by atoms with Crippen LogP contribution in [0.15, 0.2) is 54.1 Å². The standard InChI is InChI=1S/C29H28ClN3O4/c1-17-9-10-24(19(3)11-17)32-27(34)16-37-28-23(30)13-21(14-26(28)36-5)12-22(15-31)29(35)33-25-8-6-7-18(2)20(25)4/h6-14H,16H2,1-5H3,(H,32,34)(H,33,35)/b22-12-. The average molecular weight is 518 g/mol. The molecule has 0 bridgehead atoms. The molecule has 3 aromatic carbocycles. The number of rotatable bonds is 8. The third kappa shape index (κ3) is 6.90. The monoisotopic (exact) mass is 517 g/mol. The minimum Gasteiger partial charge on any atom is -0.493 e. The van der Waals surface area contributed by atoms with Crippen LogP contribution in [-0.4, -0.2) is 25.5 Å². The second-order valence-corrected chi connectivity index (χ2v) is 8.97. The highest BCUT2D eigenvalue weighted by atomic mass is 35.5. The van der Waals surface area contributed by atoms with Gasteiger partial charge in [0, 0.05) is 11.4 Å². The Labute approximate surface area is 221 Å². The van der Waals surface area contributed by atoms with Gasteiger partial charge in [0.1, 0.15) is 11.6 Å². The van der Waals surface area contributed by atoms with Gasteiger partial charge in [-0.2, -0.15) is 5.26 Å². The maximum Gasteiger partial charge on any atom is 0.266 e. The number of nitriles is 1. The summed E-state index contributed by atoms with van der Waals surface area (Å²) < 4.78 is 11.1. The van der Waals surface area contributed by atoms with Crippen molar-refractivity contribution in [3.63, 3.8) is 0 Å². The summed E-state index contributed by atoms with van der Waals surface area (Å²) in [4.78, 5) is 25.2. The molecule has 0 aliphatic heterocycles. The molecule has 2 amide bonds. The Morgan fingerprint density at radius 2 is 1.76 bits per heavy atom. The van der Waals surface area contributed by atoms with Crippen LogP contribution < -0.4 is 20.1 Å². The fourth-order valence-electron chi connectivity index (χ4n) is 3.63. The van der Waals surface area contributed by atoms with Crippen molar-refractivity contribution >= 4 is 40.9 Å². The molecule has 0 fully saturated rings. The van der Waals surface area contributed by atoms with Crippen LogP contribution in [-0.2, 0) is 9.59 Å². The first-order valence-corrected chi connectivity index (χ1v) is 11.9. The molecule has 0 spiro atoms. The number of carbonyl (C=O) groups excluding carboxylic acids is 2. The van der Waals surface area contributed by atoms with Gasteiger partial charge in [-0.05, 0) is 80.3 Å². The number of nitrogens with zero attached hydrogens (tertiary/aromatic N) is 1. The van der Waals surface area contributed by atoms with E-state index in [2.05, 4.69) is 10.6 Å². The minimum absolute atomic E-state index is 0.111. The van der Waals surface area contributed by atoms with Gasteiger partial charge >= 0.3 is 0 Å². The van der Waals surface area contributed by atoms with E-state index in [0.29, 0.717) is 16.9 Å². The SMILES string of the molecule is COc1cc(/C=C(/C#N)C(=O)Nc2cccc(C)c2C)cc(Cl)c1OCC(=O)Nc1ccc(C)cc1C. The zero-order valence-electron chi connectivity index (χ0n) is 21.4. The topological polar surface area (TPSA) is 100 Å². The van der Waals surface area contributed by atoms with Crippen LogP contribution in [0.5, 0.6) is 11.5 Å². The first-order valence-electron chi connectivity index (χ1n) is 11.5. The molecule has 0 aromatic heterocycles. The molecule has 0 atom stereocenters. The van der Waals surface area contributed by atoms with E-state index >= 15 is 0 Å². The van der Waals surface area contributed by atoms with Crippen molar-refractivity contribution in [2.45, 2.75) is 27.7 Å². The van der Waals surface area contributed by atoms with Gasteiger partial charge in [0.05, 0.1) is 12.1 Å². The molecule has 3 aromatic rings. The van der Waals surface area contributed by atoms with Crippen LogP contribution in [0.3, 0.4) is 0 Å². The van der Waals surface area contributed by atoms with Crippen molar-refractivity contribution < 1.29 is 19.1 Å². The molecular formula is C29H28ClN3O4. The number of nitrogens with one attached hydrogen (secondary N) is 2. The van der Waals surface area contributed by atoms with Gasteiger partial charge < -0.3 is 20.1 Å². The van der Waals surface area contributed by atoms with Gasteiger partial charge in [-0.1, -0.05) is 41.4 Å². The van der Waals surface area contributed by atoms with Gasteiger partial charge in [-0.25, -0.2) is 0 Å². The van der Waals surface area contributed by atoms with E-state index in [1.54, 1.807) is 12.1 Å². The lowest BCUT2D eigenvalue weighted by molar-refractivity contribution is -0.118. The number of amides is 2. The summed E-state index contributed by atoms with van der Waals surface area (Å²) in [6.45, 7) is 7.43. The Bertz CT molecular complexity index is 1420. The summed E-state index contributed by atoms with van der Waals surface area (Å²) in [7, 11) is 1.43. The predicted molar refractivity (Wildman–Crippen MR) is 146 cm³/mol. The summed E-state index contributed by atoms with van der Waals surface area (Å²) >= 11 is 6.42. The molecule has 0 saturated heterocycles. The maximum atomic E-state index is 12.8. The van der Waals surface area contributed by atoms with E-state index in [-0.39, 0.29) is 34.6 Å². The Morgan fingerprint density at radius 3 is 2.43 bits per heavy atom. The molecular weight excluding hydrogens is 490 g/mol. The summed E-state index contributed by atoms with van der Waals surface area (Å²) in [5, 5.41) is 15.3. The Hall–Kier alpha value is -4.28. The molecule has 0 aliphatic rings. The van der Waals surface area contributed by atoms with Crippen molar-refractivity contribution in [1.29, 1.82) is 5.26 Å². The smallest absolute Gasteiger partial charge is 0.266 e. The van der Waals surface area contributed by atoms with Crippen LogP contribution in [0.4, 0.5) is 11.4 Å². The average Bonchev–Trinajstić information content (AvgIpc) is 2.86. The number of benzene rings is 3. The molecule has 2 N–H and O–H groups in total. The lowest BCUT2D eigenvalue weighted by Crippen LogP contribution is -2.21. The molecule has 7 nitrogen and oxygen atoms in total. The van der Waals surface area contributed by atoms with E-state index in [9.17, 15) is 14.9 Å². The lowest BCUT2D eigenvalue weighted by atomic mass is 10.1. The quantitative estimate of drug-likeness (QED) is 0.276. The highest BCUT2D eigenvalue weighted by Gasteiger charge is 2.16. The first kappa shape index (κ1) is 27.3. The summed E-state index contributed by atoms with van der Waals surface area (Å²) in [5.74, 6) is -0.473. The Morgan fingerprint density at radius 1 is 1.00 bits per heavy atom. The molecule has 37 heavy (non-hydrogen) atoms. The predicted octanol–water partition coefficient (Wildman–Crippen LogP) is 6.15. The van der Waals surface area contributed by atoms with E-state index in [0.717, 1.165) is 22.3 Å². The number of halogens is 1. The third-order valence-electron chi connectivity index (χ3n) is 5.78. The highest BCUT2D eigenvalue weighted by molar-refractivity contribution is 6.32. The summed E-state index contributed by atoms with van der Waals surface area (Å²) in [6.07, 6.45) is 1.41. The first-order chi connectivity index (χ1) is 17.6. The second-order valence-electron chi connectivity index (χ2n) is 8.56. The van der Waals surface area contributed by atoms with E-state index < -0.39 is 5.91 Å². The summed E-state index contributed by atoms with van der Waals surface area (Å²) in [6, 6.07) is 16.3. The van der Waals surface area contributed by atoms with E-state index in [4.69, 9.17) is 21.1 Å². The fourth-order valence-corrected chi connectivity index (χ4v) is 3.91. The van der Waals surface area contributed by atoms with Crippen LogP contribution in [0, 0.1) is 39.0 Å². The van der Waals surface area contributed by atoms with Gasteiger partial charge in [0.15, 0.2) is 18.1 Å². The minimum atomic E-state index is -0.547. The molecule has 190 valence electrons. The second kappa shape index (κ2) is 12.1. The van der Waals surface area contributed by atoms with E-state index in [1.165, 1.54) is 19.3 Å². The molecule has 0 aliphatic carbocycles. The van der Waals surface area contributed by atoms with Crippen molar-refractivity contribution in [2.24, 2.45) is 0 Å². The zero-order chi connectivity index (χ0) is 27.1. The summed E-state index contributed by atoms with van der Waals surface area (Å²) in [5.41, 5.74) is 5.65. The van der Waals surface area contributed by atoms with Gasteiger partial charge in [0.2, 0.25) is 0 Å². The molecule has 0 heterocycles. The van der Waals surface area contributed by atoms with Gasteiger partial charge in [-0.3, -0.25) is 9.59 Å². The molecule has 3 rings (SSSR count). The number of anilines is 2. The highest BCUT2D eigenvalue weighted by Crippen LogP contribution is 2.37. The number of hydrogen-bond acceptors (Lipinski definition) is 5. The zero-order valence-corrected chi connectivity index (χ0v) is 22.1. The fraction of sp³-hybridized carbons (Fsp3) is 0.207. The normalized spacial score (nSPS) is 10.9. The molecule has 0 saturated carbocycles. The van der Waals surface area contributed by atoms with Crippen LogP contribution in [0.25, 0.3) is 6.08 Å². The van der Waals surface area contributed by atoms with Crippen molar-refractivity contribution in [2.75, 3.05) is 24.4 Å². The van der Waals surface area contributed by atoms with Crippen molar-refractivity contribution in [1.82, 2.24) is 0 Å². The number of aryl methyl sites for hydroxylation is 3. The van der Waals surface area contributed by atoms with Crippen molar-refractivity contribution in [3.8, 4) is 17.6 Å². The third-order valence-corrected chi connectivity index (χ3v) is 6.07. The Kier molecular flexibility index (Phi) is 8.94. The Balaban J connectivity index is 1.76. The molecule has 0 unspecified atom stereocenters. The van der Waals surface area contributed by atoms with Gasteiger partial charge in [-0.15, -0.1) is 0 Å². The van der Waals surface area contributed by atoms with E-state index in [1.807, 2.05) is 64.1 Å². The van der Waals surface area contributed by atoms with Crippen molar-refractivity contribution in [3.05, 3.63) is 86.9 Å². The maximum absolute atomic E-state index is 12.8. The lowest BCUT2D eigenvalue weighted by Gasteiger charge is -2.14. The molecule has 0 radical (unpaired) electrons. The number of hydrogen-bond donors (Lipinski definition) is 2. The molecule has 8 heteroatoms. The van der Waals surface area contributed by atoms with Crippen LogP contribution >= 0.6 is 11.6 Å². The number of carbonyl (C=O) groups is 2. The largest absolute Gasteiger partial charge is 0.493 e. The van der Waals surface area contributed by atoms with Crippen LogP contribution in [0.1, 0.15) is 27.8 Å².